The third-order valence-corrected chi connectivity index (χ3v) is 2.28. The standard InChI is InChI=1S/C10H7Cl2FN2/c11-4-8(12)6-15-9-1-2-10(13)7(3-9)5-14/h1-4,15H,6H2. The first-order chi connectivity index (χ1) is 7.17. The zero-order chi connectivity index (χ0) is 11.3. The van der Waals surface area contributed by atoms with E-state index in [0.29, 0.717) is 17.3 Å². The zero-order valence-corrected chi connectivity index (χ0v) is 9.11. The van der Waals surface area contributed by atoms with Gasteiger partial charge in [0.15, 0.2) is 0 Å². The van der Waals surface area contributed by atoms with Crippen molar-refractivity contribution in [2.24, 2.45) is 0 Å². The molecule has 78 valence electrons. The quantitative estimate of drug-likeness (QED) is 0.885. The molecule has 5 heteroatoms. The predicted octanol–water partition coefficient (Wildman–Crippen LogP) is 3.43. The van der Waals surface area contributed by atoms with Crippen LogP contribution in [-0.4, -0.2) is 6.54 Å². The molecule has 0 unspecified atom stereocenters. The fraction of sp³-hybridized carbons (Fsp3) is 0.100. The van der Waals surface area contributed by atoms with E-state index >= 15 is 0 Å². The van der Waals surface area contributed by atoms with Crippen molar-refractivity contribution < 1.29 is 4.39 Å². The number of nitrogens with one attached hydrogen (secondary N) is 1. The Morgan fingerprint density at radius 3 is 2.93 bits per heavy atom. The first kappa shape index (κ1) is 11.8. The van der Waals surface area contributed by atoms with Crippen molar-refractivity contribution in [1.82, 2.24) is 0 Å². The highest BCUT2D eigenvalue weighted by atomic mass is 35.5. The lowest BCUT2D eigenvalue weighted by Gasteiger charge is -2.05. The van der Waals surface area contributed by atoms with E-state index in [4.69, 9.17) is 28.5 Å². The summed E-state index contributed by atoms with van der Waals surface area (Å²) in [6, 6.07) is 5.90. The highest BCUT2D eigenvalue weighted by Gasteiger charge is 2.02. The van der Waals surface area contributed by atoms with Gasteiger partial charge in [0.25, 0.3) is 0 Å². The summed E-state index contributed by atoms with van der Waals surface area (Å²) in [5.41, 5.74) is 1.85. The summed E-state index contributed by atoms with van der Waals surface area (Å²) < 4.78 is 12.9. The first-order valence-electron chi connectivity index (χ1n) is 4.05. The summed E-state index contributed by atoms with van der Waals surface area (Å²) >= 11 is 11.0. The van der Waals surface area contributed by atoms with Crippen molar-refractivity contribution in [3.63, 3.8) is 0 Å². The van der Waals surface area contributed by atoms with Crippen LogP contribution < -0.4 is 5.32 Å². The van der Waals surface area contributed by atoms with Crippen molar-refractivity contribution in [3.05, 3.63) is 40.1 Å². The van der Waals surface area contributed by atoms with E-state index < -0.39 is 5.82 Å². The Balaban J connectivity index is 2.76. The molecule has 0 radical (unpaired) electrons. The van der Waals surface area contributed by atoms with Crippen molar-refractivity contribution >= 4 is 28.9 Å². The van der Waals surface area contributed by atoms with Gasteiger partial charge >= 0.3 is 0 Å². The smallest absolute Gasteiger partial charge is 0.141 e. The lowest BCUT2D eigenvalue weighted by molar-refractivity contribution is 0.624. The molecule has 0 atom stereocenters. The summed E-state index contributed by atoms with van der Waals surface area (Å²) in [4.78, 5) is 0. The molecule has 0 amide bonds. The fourth-order valence-electron chi connectivity index (χ4n) is 0.946. The zero-order valence-electron chi connectivity index (χ0n) is 7.60. The van der Waals surface area contributed by atoms with Gasteiger partial charge in [0, 0.05) is 16.3 Å². The number of halogens is 3. The van der Waals surface area contributed by atoms with Crippen LogP contribution in [0.3, 0.4) is 0 Å². The number of nitriles is 1. The SMILES string of the molecule is N#Cc1cc(NCC(Cl)=CCl)ccc1F. The van der Waals surface area contributed by atoms with Crippen LogP contribution in [0.5, 0.6) is 0 Å². The van der Waals surface area contributed by atoms with Crippen LogP contribution >= 0.6 is 23.2 Å². The highest BCUT2D eigenvalue weighted by molar-refractivity contribution is 6.36. The normalized spacial score (nSPS) is 10.9. The van der Waals surface area contributed by atoms with Gasteiger partial charge in [-0.15, -0.1) is 0 Å². The summed E-state index contributed by atoms with van der Waals surface area (Å²) in [7, 11) is 0. The monoisotopic (exact) mass is 244 g/mol. The molecule has 0 bridgehead atoms. The molecule has 0 aliphatic rings. The minimum atomic E-state index is -0.540. The molecular formula is C10H7Cl2FN2. The van der Waals surface area contributed by atoms with Crippen molar-refractivity contribution in [2.45, 2.75) is 0 Å². The molecule has 1 aromatic rings. The highest BCUT2D eigenvalue weighted by Crippen LogP contribution is 2.14. The van der Waals surface area contributed by atoms with Crippen molar-refractivity contribution in [2.75, 3.05) is 11.9 Å². The molecule has 0 aliphatic heterocycles. The molecule has 1 aromatic carbocycles. The number of benzene rings is 1. The molecule has 0 aliphatic carbocycles. The van der Waals surface area contributed by atoms with Crippen molar-refractivity contribution in [3.8, 4) is 6.07 Å². The van der Waals surface area contributed by atoms with Gasteiger partial charge in [0.05, 0.1) is 12.1 Å². The second-order valence-corrected chi connectivity index (χ2v) is 3.42. The van der Waals surface area contributed by atoms with E-state index in [2.05, 4.69) is 5.32 Å². The van der Waals surface area contributed by atoms with Crippen LogP contribution in [0.15, 0.2) is 28.8 Å². The van der Waals surface area contributed by atoms with Crippen LogP contribution in [0.25, 0.3) is 0 Å². The van der Waals surface area contributed by atoms with E-state index in [-0.39, 0.29) is 5.56 Å². The fourth-order valence-corrected chi connectivity index (χ4v) is 1.09. The third-order valence-electron chi connectivity index (χ3n) is 1.67. The van der Waals surface area contributed by atoms with Gasteiger partial charge < -0.3 is 5.32 Å². The molecule has 0 spiro atoms. The number of hydrogen-bond donors (Lipinski definition) is 1. The first-order valence-corrected chi connectivity index (χ1v) is 4.87. The Bertz CT molecular complexity index is 424. The summed E-state index contributed by atoms with van der Waals surface area (Å²) in [5, 5.41) is 11.9. The second-order valence-electron chi connectivity index (χ2n) is 2.72. The molecule has 1 rings (SSSR count). The molecule has 2 nitrogen and oxygen atoms in total. The Morgan fingerprint density at radius 1 is 1.60 bits per heavy atom. The molecular weight excluding hydrogens is 238 g/mol. The Hall–Kier alpha value is -1.24. The maximum absolute atomic E-state index is 12.9. The minimum absolute atomic E-state index is 0.00836. The van der Waals surface area contributed by atoms with Crippen LogP contribution in [0.1, 0.15) is 5.56 Å². The van der Waals surface area contributed by atoms with Gasteiger partial charge in [-0.05, 0) is 18.2 Å². The van der Waals surface area contributed by atoms with Gasteiger partial charge in [0.2, 0.25) is 0 Å². The Kier molecular flexibility index (Phi) is 4.41. The lowest BCUT2D eigenvalue weighted by atomic mass is 10.2. The van der Waals surface area contributed by atoms with Gasteiger partial charge in [-0.1, -0.05) is 23.2 Å². The Morgan fingerprint density at radius 2 is 2.33 bits per heavy atom. The van der Waals surface area contributed by atoms with E-state index in [1.807, 2.05) is 0 Å². The maximum atomic E-state index is 12.9. The van der Waals surface area contributed by atoms with Crippen molar-refractivity contribution in [1.29, 1.82) is 5.26 Å². The van der Waals surface area contributed by atoms with Crippen LogP contribution in [0.2, 0.25) is 0 Å². The number of hydrogen-bond acceptors (Lipinski definition) is 2. The lowest BCUT2D eigenvalue weighted by Crippen LogP contribution is -2.01. The van der Waals surface area contributed by atoms with E-state index in [1.54, 1.807) is 6.07 Å². The minimum Gasteiger partial charge on any atom is -0.380 e. The number of anilines is 1. The van der Waals surface area contributed by atoms with E-state index in [9.17, 15) is 4.39 Å². The average Bonchev–Trinajstić information content (AvgIpc) is 2.27. The molecule has 15 heavy (non-hydrogen) atoms. The van der Waals surface area contributed by atoms with Gasteiger partial charge in [0.1, 0.15) is 11.9 Å². The van der Waals surface area contributed by atoms with Gasteiger partial charge in [-0.2, -0.15) is 5.26 Å². The van der Waals surface area contributed by atoms with Crippen LogP contribution in [0.4, 0.5) is 10.1 Å². The topological polar surface area (TPSA) is 35.8 Å². The molecule has 1 N–H and O–H groups in total. The molecule has 0 aromatic heterocycles. The molecule has 0 saturated carbocycles. The summed E-state index contributed by atoms with van der Waals surface area (Å²) in [6.45, 7) is 0.335. The van der Waals surface area contributed by atoms with Crippen LogP contribution in [-0.2, 0) is 0 Å². The van der Waals surface area contributed by atoms with Crippen LogP contribution in [0, 0.1) is 17.1 Å². The largest absolute Gasteiger partial charge is 0.380 e. The summed E-state index contributed by atoms with van der Waals surface area (Å²) in [5.74, 6) is -0.540. The van der Waals surface area contributed by atoms with E-state index in [1.165, 1.54) is 23.7 Å². The van der Waals surface area contributed by atoms with Gasteiger partial charge in [-0.3, -0.25) is 0 Å². The maximum Gasteiger partial charge on any atom is 0.141 e. The summed E-state index contributed by atoms with van der Waals surface area (Å²) in [6.07, 6.45) is 0. The van der Waals surface area contributed by atoms with Gasteiger partial charge in [-0.25, -0.2) is 4.39 Å². The Labute approximate surface area is 96.9 Å². The van der Waals surface area contributed by atoms with E-state index in [0.717, 1.165) is 0 Å². The second kappa shape index (κ2) is 5.59. The predicted molar refractivity (Wildman–Crippen MR) is 59.4 cm³/mol. The molecule has 0 heterocycles. The molecule has 0 saturated heterocycles. The number of rotatable bonds is 3. The molecule has 0 fully saturated rings. The number of nitrogens with zero attached hydrogens (tertiary/aromatic N) is 1. The average molecular weight is 245 g/mol. The third kappa shape index (κ3) is 3.43.